The average molecular weight is 263 g/mol. The first kappa shape index (κ1) is 13.8. The fourth-order valence-electron chi connectivity index (χ4n) is 2.76. The second kappa shape index (κ2) is 6.50. The van der Waals surface area contributed by atoms with Crippen molar-refractivity contribution in [2.75, 3.05) is 0 Å². The Balaban J connectivity index is 2.00. The molecule has 0 spiro atoms. The van der Waals surface area contributed by atoms with Gasteiger partial charge >= 0.3 is 0 Å². The molecule has 1 N–H and O–H groups in total. The zero-order valence-electron chi connectivity index (χ0n) is 11.3. The summed E-state index contributed by atoms with van der Waals surface area (Å²) in [5.74, 6) is 0.0542. The van der Waals surface area contributed by atoms with E-state index in [4.69, 9.17) is 0 Å². The van der Waals surface area contributed by atoms with Crippen LogP contribution in [0.5, 0.6) is 0 Å². The first-order valence-corrected chi connectivity index (χ1v) is 6.96. The maximum atomic E-state index is 12.1. The SMILES string of the molecule is Cn1nccc1C(=O)NC(C=O)C1CCCCCC1. The molecule has 1 amide bonds. The summed E-state index contributed by atoms with van der Waals surface area (Å²) in [6.45, 7) is 0. The lowest BCUT2D eigenvalue weighted by molar-refractivity contribution is -0.110. The van der Waals surface area contributed by atoms with E-state index in [9.17, 15) is 9.59 Å². The lowest BCUT2D eigenvalue weighted by Crippen LogP contribution is -2.42. The van der Waals surface area contributed by atoms with Crippen LogP contribution in [0.4, 0.5) is 0 Å². The lowest BCUT2D eigenvalue weighted by Gasteiger charge is -2.22. The standard InChI is InChI=1S/C14H21N3O2/c1-17-13(8-9-15-17)14(19)16-12(10-18)11-6-4-2-3-5-7-11/h8-12H,2-7H2,1H3,(H,16,19). The lowest BCUT2D eigenvalue weighted by atomic mass is 9.92. The maximum Gasteiger partial charge on any atom is 0.270 e. The highest BCUT2D eigenvalue weighted by Gasteiger charge is 2.24. The molecule has 1 fully saturated rings. The third-order valence-corrected chi connectivity index (χ3v) is 3.91. The number of amides is 1. The highest BCUT2D eigenvalue weighted by molar-refractivity contribution is 5.94. The summed E-state index contributed by atoms with van der Waals surface area (Å²) < 4.78 is 1.52. The van der Waals surface area contributed by atoms with Gasteiger partial charge in [-0.2, -0.15) is 5.10 Å². The largest absolute Gasteiger partial charge is 0.341 e. The minimum absolute atomic E-state index is 0.221. The third kappa shape index (κ3) is 3.43. The van der Waals surface area contributed by atoms with Crippen molar-refractivity contribution in [1.82, 2.24) is 15.1 Å². The molecule has 1 aromatic heterocycles. The van der Waals surface area contributed by atoms with Crippen molar-refractivity contribution >= 4 is 12.2 Å². The Bertz CT molecular complexity index is 434. The number of carbonyl (C=O) groups is 2. The van der Waals surface area contributed by atoms with Gasteiger partial charge in [-0.25, -0.2) is 0 Å². The first-order chi connectivity index (χ1) is 9.22. The monoisotopic (exact) mass is 263 g/mol. The Labute approximate surface area is 113 Å². The number of hydrogen-bond donors (Lipinski definition) is 1. The predicted octanol–water partition coefficient (Wildman–Crippen LogP) is 1.69. The van der Waals surface area contributed by atoms with E-state index in [1.807, 2.05) is 0 Å². The average Bonchev–Trinajstić information content (AvgIpc) is 2.67. The number of carbonyl (C=O) groups excluding carboxylic acids is 2. The van der Waals surface area contributed by atoms with Crippen molar-refractivity contribution in [1.29, 1.82) is 0 Å². The zero-order valence-corrected chi connectivity index (χ0v) is 11.3. The van der Waals surface area contributed by atoms with Gasteiger partial charge in [0.2, 0.25) is 0 Å². The summed E-state index contributed by atoms with van der Waals surface area (Å²) in [7, 11) is 1.72. The topological polar surface area (TPSA) is 64.0 Å². The van der Waals surface area contributed by atoms with Gasteiger partial charge in [0.1, 0.15) is 12.0 Å². The number of nitrogens with one attached hydrogen (secondary N) is 1. The smallest absolute Gasteiger partial charge is 0.270 e. The molecule has 1 aliphatic rings. The molecule has 1 aromatic rings. The minimum Gasteiger partial charge on any atom is -0.341 e. The third-order valence-electron chi connectivity index (χ3n) is 3.91. The molecule has 0 bridgehead atoms. The molecule has 0 aliphatic heterocycles. The van der Waals surface area contributed by atoms with Gasteiger partial charge in [0.15, 0.2) is 0 Å². The van der Waals surface area contributed by atoms with Crippen LogP contribution >= 0.6 is 0 Å². The van der Waals surface area contributed by atoms with Gasteiger partial charge in [-0.3, -0.25) is 9.48 Å². The summed E-state index contributed by atoms with van der Waals surface area (Å²) in [5.41, 5.74) is 0.487. The van der Waals surface area contributed by atoms with Gasteiger partial charge in [0, 0.05) is 13.2 Å². The van der Waals surface area contributed by atoms with Crippen LogP contribution in [0.1, 0.15) is 49.0 Å². The van der Waals surface area contributed by atoms with Crippen LogP contribution in [0.15, 0.2) is 12.3 Å². The van der Waals surface area contributed by atoms with E-state index < -0.39 is 0 Å². The number of aldehydes is 1. The molecule has 104 valence electrons. The number of rotatable bonds is 4. The van der Waals surface area contributed by atoms with Crippen LogP contribution in [0, 0.1) is 5.92 Å². The van der Waals surface area contributed by atoms with Gasteiger partial charge in [-0.15, -0.1) is 0 Å². The molecule has 5 heteroatoms. The highest BCUT2D eigenvalue weighted by atomic mass is 16.2. The number of aromatic nitrogens is 2. The molecule has 0 saturated heterocycles. The minimum atomic E-state index is -0.375. The van der Waals surface area contributed by atoms with Crippen LogP contribution in [-0.2, 0) is 11.8 Å². The summed E-state index contributed by atoms with van der Waals surface area (Å²) in [4.78, 5) is 23.4. The van der Waals surface area contributed by atoms with Crippen LogP contribution in [-0.4, -0.2) is 28.0 Å². The van der Waals surface area contributed by atoms with E-state index in [0.29, 0.717) is 5.69 Å². The Morgan fingerprint density at radius 3 is 2.63 bits per heavy atom. The van der Waals surface area contributed by atoms with E-state index in [2.05, 4.69) is 10.4 Å². The van der Waals surface area contributed by atoms with Crippen LogP contribution in [0.2, 0.25) is 0 Å². The van der Waals surface area contributed by atoms with Crippen LogP contribution in [0.25, 0.3) is 0 Å². The van der Waals surface area contributed by atoms with Crippen molar-refractivity contribution in [3.8, 4) is 0 Å². The molecule has 5 nitrogen and oxygen atoms in total. The molecule has 1 unspecified atom stereocenters. The van der Waals surface area contributed by atoms with Crippen LogP contribution < -0.4 is 5.32 Å². The highest BCUT2D eigenvalue weighted by Crippen LogP contribution is 2.25. The summed E-state index contributed by atoms with van der Waals surface area (Å²) in [6.07, 6.45) is 9.27. The Morgan fingerprint density at radius 1 is 1.42 bits per heavy atom. The summed E-state index contributed by atoms with van der Waals surface area (Å²) in [6, 6.07) is 1.28. The first-order valence-electron chi connectivity index (χ1n) is 6.96. The normalized spacial score (nSPS) is 18.6. The van der Waals surface area contributed by atoms with E-state index >= 15 is 0 Å². The van der Waals surface area contributed by atoms with Gasteiger partial charge < -0.3 is 10.1 Å². The van der Waals surface area contributed by atoms with Gasteiger partial charge in [0.25, 0.3) is 5.91 Å². The van der Waals surface area contributed by atoms with Gasteiger partial charge in [-0.05, 0) is 24.8 Å². The quantitative estimate of drug-likeness (QED) is 0.664. The number of nitrogens with zero attached hydrogens (tertiary/aromatic N) is 2. The maximum absolute atomic E-state index is 12.1. The van der Waals surface area contributed by atoms with Crippen molar-refractivity contribution in [2.45, 2.75) is 44.6 Å². The van der Waals surface area contributed by atoms with E-state index in [1.165, 1.54) is 17.5 Å². The molecule has 1 aliphatic carbocycles. The van der Waals surface area contributed by atoms with Crippen LogP contribution in [0.3, 0.4) is 0 Å². The molecule has 0 radical (unpaired) electrons. The van der Waals surface area contributed by atoms with Crippen molar-refractivity contribution in [3.05, 3.63) is 18.0 Å². The second-order valence-corrected chi connectivity index (χ2v) is 5.23. The summed E-state index contributed by atoms with van der Waals surface area (Å²) in [5, 5.41) is 6.81. The molecule has 2 rings (SSSR count). The molecule has 1 heterocycles. The molecule has 19 heavy (non-hydrogen) atoms. The Kier molecular flexibility index (Phi) is 4.71. The fraction of sp³-hybridized carbons (Fsp3) is 0.643. The second-order valence-electron chi connectivity index (χ2n) is 5.23. The molecule has 1 atom stereocenters. The van der Waals surface area contributed by atoms with Crippen molar-refractivity contribution in [3.63, 3.8) is 0 Å². The van der Waals surface area contributed by atoms with Crippen molar-refractivity contribution < 1.29 is 9.59 Å². The van der Waals surface area contributed by atoms with Gasteiger partial charge in [0.05, 0.1) is 6.04 Å². The molecular weight excluding hydrogens is 242 g/mol. The summed E-state index contributed by atoms with van der Waals surface area (Å²) >= 11 is 0. The number of hydrogen-bond acceptors (Lipinski definition) is 3. The zero-order chi connectivity index (χ0) is 13.7. The molecule has 0 aromatic carbocycles. The predicted molar refractivity (Wildman–Crippen MR) is 71.7 cm³/mol. The fourth-order valence-corrected chi connectivity index (χ4v) is 2.76. The van der Waals surface area contributed by atoms with Crippen molar-refractivity contribution in [2.24, 2.45) is 13.0 Å². The van der Waals surface area contributed by atoms with E-state index in [-0.39, 0.29) is 17.9 Å². The Morgan fingerprint density at radius 2 is 2.11 bits per heavy atom. The molecule has 1 saturated carbocycles. The van der Waals surface area contributed by atoms with Gasteiger partial charge in [-0.1, -0.05) is 25.7 Å². The number of aryl methyl sites for hydroxylation is 1. The Hall–Kier alpha value is -1.65. The van der Waals surface area contributed by atoms with E-state index in [0.717, 1.165) is 32.0 Å². The molecular formula is C14H21N3O2. The van der Waals surface area contributed by atoms with E-state index in [1.54, 1.807) is 19.3 Å².